The van der Waals surface area contributed by atoms with E-state index >= 15 is 0 Å². The number of hydrogen-bond acceptors (Lipinski definition) is 3. The summed E-state index contributed by atoms with van der Waals surface area (Å²) < 4.78 is 0. The topological polar surface area (TPSA) is 78.4 Å². The van der Waals surface area contributed by atoms with E-state index in [9.17, 15) is 9.59 Å². The molecule has 0 heterocycles. The summed E-state index contributed by atoms with van der Waals surface area (Å²) >= 11 is 1.56. The minimum atomic E-state index is -0.992. The van der Waals surface area contributed by atoms with Crippen molar-refractivity contribution < 1.29 is 14.7 Å². The number of aliphatic carboxylic acids is 1. The van der Waals surface area contributed by atoms with Gasteiger partial charge in [-0.3, -0.25) is 0 Å². The van der Waals surface area contributed by atoms with Crippen LogP contribution < -0.4 is 10.6 Å². The zero-order chi connectivity index (χ0) is 12.6. The number of rotatable bonds is 7. The molecule has 0 unspecified atom stereocenters. The van der Waals surface area contributed by atoms with E-state index in [0.717, 1.165) is 6.42 Å². The highest BCUT2D eigenvalue weighted by Crippen LogP contribution is 2.01. The number of nitrogens with one attached hydrogen (secondary N) is 2. The lowest BCUT2D eigenvalue weighted by molar-refractivity contribution is -0.139. The van der Waals surface area contributed by atoms with Crippen molar-refractivity contribution in [2.75, 3.05) is 12.0 Å². The quantitative estimate of drug-likeness (QED) is 0.634. The third-order valence-electron chi connectivity index (χ3n) is 2.20. The highest BCUT2D eigenvalue weighted by atomic mass is 32.2. The average Bonchev–Trinajstić information content (AvgIpc) is 2.23. The molecule has 6 heteroatoms. The van der Waals surface area contributed by atoms with Crippen molar-refractivity contribution in [3.63, 3.8) is 0 Å². The van der Waals surface area contributed by atoms with Crippen molar-refractivity contribution >= 4 is 23.8 Å². The van der Waals surface area contributed by atoms with E-state index in [-0.39, 0.29) is 6.04 Å². The number of carboxylic acids is 1. The van der Waals surface area contributed by atoms with Gasteiger partial charge < -0.3 is 15.7 Å². The molecular weight excluding hydrogens is 228 g/mol. The number of carboxylic acid groups (broad SMARTS) is 1. The van der Waals surface area contributed by atoms with E-state index in [1.54, 1.807) is 11.8 Å². The molecule has 5 nitrogen and oxygen atoms in total. The molecule has 3 N–H and O–H groups in total. The molecule has 0 radical (unpaired) electrons. The van der Waals surface area contributed by atoms with Crippen molar-refractivity contribution in [3.8, 4) is 0 Å². The number of urea groups is 1. The Morgan fingerprint density at radius 3 is 2.44 bits per heavy atom. The number of carbonyl (C=O) groups excluding carboxylic acids is 1. The third kappa shape index (κ3) is 6.55. The summed E-state index contributed by atoms with van der Waals surface area (Å²) in [6, 6.07) is -1.17. The smallest absolute Gasteiger partial charge is 0.326 e. The Bertz CT molecular complexity index is 236. The van der Waals surface area contributed by atoms with Crippen molar-refractivity contribution in [3.05, 3.63) is 0 Å². The summed E-state index contributed by atoms with van der Waals surface area (Å²) in [7, 11) is 0. The summed E-state index contributed by atoms with van der Waals surface area (Å²) in [5.74, 6) is -0.283. The van der Waals surface area contributed by atoms with Crippen LogP contribution in [0.2, 0.25) is 0 Å². The molecule has 0 aromatic rings. The monoisotopic (exact) mass is 248 g/mol. The van der Waals surface area contributed by atoms with Gasteiger partial charge >= 0.3 is 12.0 Å². The van der Waals surface area contributed by atoms with Gasteiger partial charge in [-0.1, -0.05) is 6.92 Å². The van der Waals surface area contributed by atoms with Crippen LogP contribution in [-0.4, -0.2) is 41.2 Å². The van der Waals surface area contributed by atoms with Crippen molar-refractivity contribution in [2.45, 2.75) is 38.8 Å². The van der Waals surface area contributed by atoms with Gasteiger partial charge in [0.05, 0.1) is 0 Å². The van der Waals surface area contributed by atoms with E-state index in [4.69, 9.17) is 5.11 Å². The number of hydrogen-bond donors (Lipinski definition) is 3. The molecule has 0 spiro atoms. The van der Waals surface area contributed by atoms with Gasteiger partial charge in [0.2, 0.25) is 0 Å². The molecule has 2 atom stereocenters. The first-order valence-electron chi connectivity index (χ1n) is 5.30. The number of carbonyl (C=O) groups is 2. The Balaban J connectivity index is 4.07. The standard InChI is InChI=1S/C10H20N2O3S/c1-4-7(2)11-10(15)12-8(9(13)14)5-6-16-3/h7-8H,4-6H2,1-3H3,(H,13,14)(H2,11,12,15)/t7-,8-/m1/s1. The largest absolute Gasteiger partial charge is 0.480 e. The van der Waals surface area contributed by atoms with Crippen LogP contribution in [0.25, 0.3) is 0 Å². The normalized spacial score (nSPS) is 13.9. The maximum atomic E-state index is 11.4. The first kappa shape index (κ1) is 15.1. The maximum Gasteiger partial charge on any atom is 0.326 e. The zero-order valence-electron chi connectivity index (χ0n) is 9.95. The van der Waals surface area contributed by atoms with Crippen LogP contribution in [0.5, 0.6) is 0 Å². The Labute approximate surface area is 100 Å². The SMILES string of the molecule is CC[C@@H](C)NC(=O)N[C@H](CCSC)C(=O)O. The summed E-state index contributed by atoms with van der Waals surface area (Å²) in [6.45, 7) is 3.82. The molecule has 0 aliphatic rings. The van der Waals surface area contributed by atoms with Gasteiger partial charge in [0.1, 0.15) is 6.04 Å². The predicted molar refractivity (Wildman–Crippen MR) is 65.8 cm³/mol. The van der Waals surface area contributed by atoms with Gasteiger partial charge in [-0.05, 0) is 31.8 Å². The van der Waals surface area contributed by atoms with E-state index in [0.29, 0.717) is 12.2 Å². The second-order valence-electron chi connectivity index (χ2n) is 3.60. The van der Waals surface area contributed by atoms with Gasteiger partial charge in [0, 0.05) is 6.04 Å². The number of thioether (sulfide) groups is 1. The van der Waals surface area contributed by atoms with E-state index in [1.807, 2.05) is 20.1 Å². The van der Waals surface area contributed by atoms with E-state index in [1.165, 1.54) is 0 Å². The van der Waals surface area contributed by atoms with Crippen LogP contribution in [0.15, 0.2) is 0 Å². The second kappa shape index (κ2) is 8.27. The van der Waals surface area contributed by atoms with Gasteiger partial charge in [0.25, 0.3) is 0 Å². The molecule has 0 fully saturated rings. The molecule has 0 aliphatic heterocycles. The summed E-state index contributed by atoms with van der Waals surface area (Å²) in [5.41, 5.74) is 0. The summed E-state index contributed by atoms with van der Waals surface area (Å²) in [4.78, 5) is 22.2. The van der Waals surface area contributed by atoms with Crippen molar-refractivity contribution in [1.82, 2.24) is 10.6 Å². The molecule has 0 rings (SSSR count). The van der Waals surface area contributed by atoms with Gasteiger partial charge in [-0.2, -0.15) is 11.8 Å². The molecule has 94 valence electrons. The molecule has 0 aliphatic carbocycles. The van der Waals surface area contributed by atoms with Crippen molar-refractivity contribution in [1.29, 1.82) is 0 Å². The Hall–Kier alpha value is -0.910. The lowest BCUT2D eigenvalue weighted by Crippen LogP contribution is -2.48. The van der Waals surface area contributed by atoms with Gasteiger partial charge in [0.15, 0.2) is 0 Å². The molecule has 0 aromatic carbocycles. The van der Waals surface area contributed by atoms with Crippen LogP contribution in [0, 0.1) is 0 Å². The van der Waals surface area contributed by atoms with E-state index < -0.39 is 18.0 Å². The molecular formula is C10H20N2O3S. The fourth-order valence-corrected chi connectivity index (χ4v) is 1.49. The molecule has 16 heavy (non-hydrogen) atoms. The first-order valence-corrected chi connectivity index (χ1v) is 6.69. The molecule has 0 saturated heterocycles. The minimum absolute atomic E-state index is 0.0509. The lowest BCUT2D eigenvalue weighted by atomic mass is 10.2. The first-order chi connectivity index (χ1) is 7.51. The fraction of sp³-hybridized carbons (Fsp3) is 0.800. The second-order valence-corrected chi connectivity index (χ2v) is 4.58. The summed E-state index contributed by atoms with van der Waals surface area (Å²) in [5, 5.41) is 14.0. The van der Waals surface area contributed by atoms with Crippen LogP contribution >= 0.6 is 11.8 Å². The molecule has 2 amide bonds. The third-order valence-corrected chi connectivity index (χ3v) is 2.85. The summed E-state index contributed by atoms with van der Waals surface area (Å²) in [6.07, 6.45) is 3.15. The van der Waals surface area contributed by atoms with Crippen LogP contribution in [-0.2, 0) is 4.79 Å². The average molecular weight is 248 g/mol. The Kier molecular flexibility index (Phi) is 7.80. The van der Waals surface area contributed by atoms with Crippen LogP contribution in [0.1, 0.15) is 26.7 Å². The van der Waals surface area contributed by atoms with Crippen molar-refractivity contribution in [2.24, 2.45) is 0 Å². The Morgan fingerprint density at radius 1 is 1.38 bits per heavy atom. The predicted octanol–water partition coefficient (Wildman–Crippen LogP) is 1.29. The highest BCUT2D eigenvalue weighted by Gasteiger charge is 2.19. The lowest BCUT2D eigenvalue weighted by Gasteiger charge is -2.17. The Morgan fingerprint density at radius 2 is 2.00 bits per heavy atom. The minimum Gasteiger partial charge on any atom is -0.480 e. The molecule has 0 saturated carbocycles. The maximum absolute atomic E-state index is 11.4. The van der Waals surface area contributed by atoms with E-state index in [2.05, 4.69) is 10.6 Å². The number of amides is 2. The molecule has 0 aromatic heterocycles. The fourth-order valence-electron chi connectivity index (χ4n) is 1.02. The van der Waals surface area contributed by atoms with Gasteiger partial charge in [-0.15, -0.1) is 0 Å². The molecule has 0 bridgehead atoms. The van der Waals surface area contributed by atoms with Crippen LogP contribution in [0.4, 0.5) is 4.79 Å². The highest BCUT2D eigenvalue weighted by molar-refractivity contribution is 7.98. The zero-order valence-corrected chi connectivity index (χ0v) is 10.8. The van der Waals surface area contributed by atoms with Gasteiger partial charge in [-0.25, -0.2) is 9.59 Å². The van der Waals surface area contributed by atoms with Crippen LogP contribution in [0.3, 0.4) is 0 Å².